The summed E-state index contributed by atoms with van der Waals surface area (Å²) in [4.78, 5) is 4.23. The molecule has 84 valence electrons. The number of fused-ring (bicyclic) bond motifs is 1. The van der Waals surface area contributed by atoms with Crippen LogP contribution in [0.1, 0.15) is 0 Å². The molecule has 2 aromatic carbocycles. The number of rotatable bonds is 1. The maximum absolute atomic E-state index is 13.0. The fraction of sp³-hybridized carbons (Fsp3) is 0. The lowest BCUT2D eigenvalue weighted by molar-refractivity contribution is 0.614. The van der Waals surface area contributed by atoms with Crippen LogP contribution in [-0.2, 0) is 0 Å². The first-order valence-corrected chi connectivity index (χ1v) is 5.14. The molecule has 0 spiro atoms. The van der Waals surface area contributed by atoms with Gasteiger partial charge in [-0.15, -0.1) is 0 Å². The molecule has 0 saturated carbocycles. The molecule has 0 aliphatic rings. The van der Waals surface area contributed by atoms with Crippen molar-refractivity contribution in [2.45, 2.75) is 0 Å². The van der Waals surface area contributed by atoms with Crippen molar-refractivity contribution in [2.24, 2.45) is 0 Å². The molecule has 0 aliphatic heterocycles. The molecule has 1 heterocycles. The molecule has 0 aliphatic carbocycles. The Morgan fingerprint density at radius 1 is 1.06 bits per heavy atom. The van der Waals surface area contributed by atoms with Crippen LogP contribution >= 0.6 is 0 Å². The first-order chi connectivity index (χ1) is 8.22. The van der Waals surface area contributed by atoms with E-state index in [1.807, 2.05) is 12.1 Å². The molecular weight excluding hydrogens is 219 g/mol. The number of halogens is 1. The molecular formula is C13H9FN2O. The zero-order chi connectivity index (χ0) is 11.8. The molecule has 3 nitrogen and oxygen atoms in total. The molecule has 0 saturated heterocycles. The van der Waals surface area contributed by atoms with Crippen molar-refractivity contribution in [3.05, 3.63) is 48.3 Å². The minimum atomic E-state index is -0.324. The van der Waals surface area contributed by atoms with E-state index in [9.17, 15) is 4.39 Å². The zero-order valence-electron chi connectivity index (χ0n) is 8.85. The van der Waals surface area contributed by atoms with Gasteiger partial charge in [0.05, 0.1) is 0 Å². The van der Waals surface area contributed by atoms with E-state index in [2.05, 4.69) is 4.98 Å². The summed E-state index contributed by atoms with van der Waals surface area (Å²) in [7, 11) is 0. The van der Waals surface area contributed by atoms with Gasteiger partial charge in [0.25, 0.3) is 0 Å². The smallest absolute Gasteiger partial charge is 0.227 e. The fourth-order valence-corrected chi connectivity index (χ4v) is 1.65. The quantitative estimate of drug-likeness (QED) is 0.650. The largest absolute Gasteiger partial charge is 0.436 e. The third-order valence-corrected chi connectivity index (χ3v) is 2.51. The second-order valence-electron chi connectivity index (χ2n) is 3.75. The Bertz CT molecular complexity index is 673. The van der Waals surface area contributed by atoms with Crippen molar-refractivity contribution in [3.63, 3.8) is 0 Å². The van der Waals surface area contributed by atoms with Crippen LogP contribution in [0, 0.1) is 5.82 Å². The second kappa shape index (κ2) is 3.59. The molecule has 3 rings (SSSR count). The molecule has 3 aromatic rings. The Balaban J connectivity index is 2.14. The maximum Gasteiger partial charge on any atom is 0.227 e. The van der Waals surface area contributed by atoms with Gasteiger partial charge in [0, 0.05) is 17.3 Å². The van der Waals surface area contributed by atoms with E-state index >= 15 is 0 Å². The highest BCUT2D eigenvalue weighted by Crippen LogP contribution is 2.25. The highest BCUT2D eigenvalue weighted by Gasteiger charge is 2.08. The summed E-state index contributed by atoms with van der Waals surface area (Å²) < 4.78 is 18.5. The predicted octanol–water partition coefficient (Wildman–Crippen LogP) is 3.22. The van der Waals surface area contributed by atoms with Gasteiger partial charge in [-0.1, -0.05) is 0 Å². The van der Waals surface area contributed by atoms with Crippen LogP contribution in [0.4, 0.5) is 10.1 Å². The predicted molar refractivity (Wildman–Crippen MR) is 63.8 cm³/mol. The molecule has 0 radical (unpaired) electrons. The van der Waals surface area contributed by atoms with E-state index in [0.29, 0.717) is 22.7 Å². The number of anilines is 1. The molecule has 0 unspecified atom stereocenters. The van der Waals surface area contributed by atoms with Crippen molar-refractivity contribution in [1.82, 2.24) is 4.98 Å². The summed E-state index contributed by atoms with van der Waals surface area (Å²) in [5, 5.41) is 0. The van der Waals surface area contributed by atoms with E-state index in [4.69, 9.17) is 10.2 Å². The molecule has 2 N–H and O–H groups in total. The van der Waals surface area contributed by atoms with Gasteiger partial charge in [0.15, 0.2) is 5.58 Å². The summed E-state index contributed by atoms with van der Waals surface area (Å²) >= 11 is 0. The van der Waals surface area contributed by atoms with E-state index in [1.54, 1.807) is 18.2 Å². The summed E-state index contributed by atoms with van der Waals surface area (Å²) in [5.74, 6) is 0.139. The Morgan fingerprint density at radius 3 is 2.59 bits per heavy atom. The molecule has 0 fully saturated rings. The third-order valence-electron chi connectivity index (χ3n) is 2.51. The van der Waals surface area contributed by atoms with Gasteiger partial charge in [0.1, 0.15) is 11.3 Å². The van der Waals surface area contributed by atoms with Crippen LogP contribution in [0.15, 0.2) is 46.9 Å². The Morgan fingerprint density at radius 2 is 1.82 bits per heavy atom. The van der Waals surface area contributed by atoms with Gasteiger partial charge in [-0.3, -0.25) is 0 Å². The highest BCUT2D eigenvalue weighted by molar-refractivity contribution is 5.76. The maximum atomic E-state index is 13.0. The Kier molecular flexibility index (Phi) is 2.08. The Labute approximate surface area is 96.7 Å². The highest BCUT2D eigenvalue weighted by atomic mass is 19.1. The molecule has 17 heavy (non-hydrogen) atoms. The number of oxazole rings is 1. The van der Waals surface area contributed by atoms with Gasteiger partial charge in [-0.25, -0.2) is 9.37 Å². The first kappa shape index (κ1) is 9.84. The number of hydrogen-bond donors (Lipinski definition) is 1. The molecule has 0 atom stereocenters. The molecule has 1 aromatic heterocycles. The number of nitrogen functional groups attached to an aromatic ring is 1. The number of hydrogen-bond acceptors (Lipinski definition) is 3. The average molecular weight is 228 g/mol. The van der Waals surface area contributed by atoms with Crippen molar-refractivity contribution in [2.75, 3.05) is 5.73 Å². The van der Waals surface area contributed by atoms with Crippen molar-refractivity contribution >= 4 is 16.8 Å². The van der Waals surface area contributed by atoms with Crippen molar-refractivity contribution in [1.29, 1.82) is 0 Å². The average Bonchev–Trinajstić information content (AvgIpc) is 2.72. The molecule has 0 amide bonds. The Hall–Kier alpha value is -2.36. The van der Waals surface area contributed by atoms with Gasteiger partial charge < -0.3 is 10.2 Å². The molecule has 0 bridgehead atoms. The van der Waals surface area contributed by atoms with E-state index in [1.165, 1.54) is 12.1 Å². The van der Waals surface area contributed by atoms with E-state index in [0.717, 1.165) is 5.56 Å². The minimum Gasteiger partial charge on any atom is -0.436 e. The summed E-state index contributed by atoms with van der Waals surface area (Å²) in [6.07, 6.45) is 0. The minimum absolute atomic E-state index is 0.324. The second-order valence-corrected chi connectivity index (χ2v) is 3.75. The van der Waals surface area contributed by atoms with E-state index in [-0.39, 0.29) is 5.82 Å². The number of aromatic nitrogens is 1. The lowest BCUT2D eigenvalue weighted by Crippen LogP contribution is -1.83. The summed E-state index contributed by atoms with van der Waals surface area (Å²) in [5.41, 5.74) is 8.17. The van der Waals surface area contributed by atoms with Crippen molar-refractivity contribution in [3.8, 4) is 11.5 Å². The van der Waals surface area contributed by atoms with Crippen LogP contribution in [0.3, 0.4) is 0 Å². The van der Waals surface area contributed by atoms with Crippen LogP contribution in [0.5, 0.6) is 0 Å². The third kappa shape index (κ3) is 1.73. The van der Waals surface area contributed by atoms with Crippen LogP contribution in [-0.4, -0.2) is 4.98 Å². The van der Waals surface area contributed by atoms with Crippen LogP contribution in [0.25, 0.3) is 22.6 Å². The standard InChI is InChI=1S/C13H9FN2O/c14-9-3-6-12-11(7-9)16-13(17-12)8-1-4-10(15)5-2-8/h1-7H,15H2. The van der Waals surface area contributed by atoms with Gasteiger partial charge in [0.2, 0.25) is 5.89 Å². The van der Waals surface area contributed by atoms with Gasteiger partial charge in [-0.05, 0) is 36.4 Å². The number of benzene rings is 2. The van der Waals surface area contributed by atoms with Crippen LogP contribution in [0.2, 0.25) is 0 Å². The van der Waals surface area contributed by atoms with Crippen LogP contribution < -0.4 is 5.73 Å². The SMILES string of the molecule is Nc1ccc(-c2nc3cc(F)ccc3o2)cc1. The lowest BCUT2D eigenvalue weighted by atomic mass is 10.2. The van der Waals surface area contributed by atoms with E-state index < -0.39 is 0 Å². The summed E-state index contributed by atoms with van der Waals surface area (Å²) in [6.45, 7) is 0. The van der Waals surface area contributed by atoms with Gasteiger partial charge in [-0.2, -0.15) is 0 Å². The number of nitrogens with two attached hydrogens (primary N) is 1. The number of nitrogens with zero attached hydrogens (tertiary/aromatic N) is 1. The van der Waals surface area contributed by atoms with Crippen molar-refractivity contribution < 1.29 is 8.81 Å². The monoisotopic (exact) mass is 228 g/mol. The van der Waals surface area contributed by atoms with Gasteiger partial charge >= 0.3 is 0 Å². The fourth-order valence-electron chi connectivity index (χ4n) is 1.65. The normalized spacial score (nSPS) is 10.9. The first-order valence-electron chi connectivity index (χ1n) is 5.14. The zero-order valence-corrected chi connectivity index (χ0v) is 8.85. The summed E-state index contributed by atoms with van der Waals surface area (Å²) in [6, 6.07) is 11.4. The lowest BCUT2D eigenvalue weighted by Gasteiger charge is -1.95. The molecule has 4 heteroatoms. The topological polar surface area (TPSA) is 52.0 Å².